The van der Waals surface area contributed by atoms with Crippen molar-refractivity contribution in [3.8, 4) is 5.75 Å². The van der Waals surface area contributed by atoms with E-state index in [1.165, 1.54) is 16.8 Å². The molecule has 0 radical (unpaired) electrons. The molecule has 1 saturated heterocycles. The van der Waals surface area contributed by atoms with Crippen LogP contribution in [0.5, 0.6) is 5.75 Å². The van der Waals surface area contributed by atoms with Crippen molar-refractivity contribution in [3.63, 3.8) is 0 Å². The van der Waals surface area contributed by atoms with E-state index in [-0.39, 0.29) is 24.8 Å². The second-order valence-electron chi connectivity index (χ2n) is 7.53. The highest BCUT2D eigenvalue weighted by Crippen LogP contribution is 2.30. The largest absolute Gasteiger partial charge is 0.491 e. The third-order valence-corrected chi connectivity index (χ3v) is 6.54. The molecule has 1 N–H and O–H groups in total. The predicted molar refractivity (Wildman–Crippen MR) is 123 cm³/mol. The standard InChI is InChI=1S/C22H26FN3O2S.ClH/c1-25(22-24-20-4-2-3-5-21(20)29-22)17-10-12-26(13-11-17)14-18(27)15-28-19-8-6-16(23)7-9-19;/h2-9,17-18,27H,10-15H2,1H3;1H. The van der Waals surface area contributed by atoms with Crippen molar-refractivity contribution in [1.82, 2.24) is 9.88 Å². The third kappa shape index (κ3) is 5.60. The van der Waals surface area contributed by atoms with Crippen LogP contribution in [0.3, 0.4) is 0 Å². The minimum atomic E-state index is -0.571. The van der Waals surface area contributed by atoms with Gasteiger partial charge in [0.05, 0.1) is 10.2 Å². The van der Waals surface area contributed by atoms with E-state index in [1.54, 1.807) is 23.5 Å². The number of aromatic nitrogens is 1. The van der Waals surface area contributed by atoms with E-state index in [9.17, 15) is 9.50 Å². The zero-order valence-electron chi connectivity index (χ0n) is 16.9. The number of rotatable bonds is 7. The Kier molecular flexibility index (Phi) is 7.88. The predicted octanol–water partition coefficient (Wildman–Crippen LogP) is 4.20. The van der Waals surface area contributed by atoms with Crippen LogP contribution in [0.25, 0.3) is 10.2 Å². The number of nitrogens with zero attached hydrogens (tertiary/aromatic N) is 3. The fraction of sp³-hybridized carbons (Fsp3) is 0.409. The van der Waals surface area contributed by atoms with Crippen LogP contribution in [0.4, 0.5) is 9.52 Å². The van der Waals surface area contributed by atoms with Gasteiger partial charge in [-0.1, -0.05) is 23.5 Å². The Labute approximate surface area is 186 Å². The van der Waals surface area contributed by atoms with Crippen molar-refractivity contribution < 1.29 is 14.2 Å². The molecule has 0 saturated carbocycles. The number of halogens is 2. The van der Waals surface area contributed by atoms with Crippen LogP contribution in [0, 0.1) is 5.82 Å². The summed E-state index contributed by atoms with van der Waals surface area (Å²) in [5, 5.41) is 11.4. The molecular weight excluding hydrogens is 425 g/mol. The second-order valence-corrected chi connectivity index (χ2v) is 8.53. The zero-order chi connectivity index (χ0) is 20.2. The molecule has 0 spiro atoms. The van der Waals surface area contributed by atoms with E-state index >= 15 is 0 Å². The van der Waals surface area contributed by atoms with E-state index in [4.69, 9.17) is 9.72 Å². The molecule has 1 aliphatic rings. The Morgan fingerprint density at radius 3 is 2.60 bits per heavy atom. The van der Waals surface area contributed by atoms with Gasteiger partial charge in [-0.3, -0.25) is 0 Å². The number of likely N-dealkylation sites (tertiary alicyclic amines) is 1. The number of piperidine rings is 1. The average Bonchev–Trinajstić information content (AvgIpc) is 3.18. The van der Waals surface area contributed by atoms with Crippen LogP contribution in [-0.2, 0) is 0 Å². The number of ether oxygens (including phenoxy) is 1. The summed E-state index contributed by atoms with van der Waals surface area (Å²) in [5.41, 5.74) is 1.06. The molecular formula is C22H27ClFN3O2S. The number of anilines is 1. The van der Waals surface area contributed by atoms with Crippen molar-refractivity contribution in [2.24, 2.45) is 0 Å². The minimum absolute atomic E-state index is 0. The number of para-hydroxylation sites is 1. The third-order valence-electron chi connectivity index (χ3n) is 5.41. The average molecular weight is 452 g/mol. The van der Waals surface area contributed by atoms with Gasteiger partial charge in [0.25, 0.3) is 0 Å². The SMILES string of the molecule is CN(c1nc2ccccc2s1)C1CCN(CC(O)COc2ccc(F)cc2)CC1.Cl. The Bertz CT molecular complexity index is 899. The maximum Gasteiger partial charge on any atom is 0.186 e. The monoisotopic (exact) mass is 451 g/mol. The molecule has 1 fully saturated rings. The molecule has 2 heterocycles. The lowest BCUT2D eigenvalue weighted by atomic mass is 10.0. The molecule has 0 amide bonds. The smallest absolute Gasteiger partial charge is 0.186 e. The minimum Gasteiger partial charge on any atom is -0.491 e. The molecule has 1 atom stereocenters. The highest BCUT2D eigenvalue weighted by atomic mass is 35.5. The zero-order valence-corrected chi connectivity index (χ0v) is 18.5. The Balaban J connectivity index is 0.00000256. The molecule has 1 unspecified atom stereocenters. The molecule has 8 heteroatoms. The molecule has 1 aromatic heterocycles. The van der Waals surface area contributed by atoms with Crippen molar-refractivity contribution in [3.05, 3.63) is 54.3 Å². The quantitative estimate of drug-likeness (QED) is 0.583. The summed E-state index contributed by atoms with van der Waals surface area (Å²) in [7, 11) is 2.13. The van der Waals surface area contributed by atoms with Gasteiger partial charge in [-0.2, -0.15) is 0 Å². The van der Waals surface area contributed by atoms with Gasteiger partial charge in [-0.15, -0.1) is 12.4 Å². The molecule has 1 aliphatic heterocycles. The number of aliphatic hydroxyl groups is 1. The summed E-state index contributed by atoms with van der Waals surface area (Å²) in [6.07, 6.45) is 1.51. The van der Waals surface area contributed by atoms with Crippen molar-refractivity contribution in [2.45, 2.75) is 25.0 Å². The summed E-state index contributed by atoms with van der Waals surface area (Å²) >= 11 is 1.74. The molecule has 30 heavy (non-hydrogen) atoms. The summed E-state index contributed by atoms with van der Waals surface area (Å²) in [4.78, 5) is 9.35. The molecule has 0 aliphatic carbocycles. The van der Waals surface area contributed by atoms with Gasteiger partial charge in [0.1, 0.15) is 24.3 Å². The normalized spacial score (nSPS) is 16.2. The number of thiazole rings is 1. The van der Waals surface area contributed by atoms with Crippen molar-refractivity contribution in [1.29, 1.82) is 0 Å². The lowest BCUT2D eigenvalue weighted by Crippen LogP contribution is -2.46. The molecule has 3 aromatic rings. The van der Waals surface area contributed by atoms with Crippen LogP contribution in [0.2, 0.25) is 0 Å². The fourth-order valence-corrected chi connectivity index (χ4v) is 4.73. The topological polar surface area (TPSA) is 48.8 Å². The summed E-state index contributed by atoms with van der Waals surface area (Å²) in [6.45, 7) is 2.66. The summed E-state index contributed by atoms with van der Waals surface area (Å²) < 4.78 is 19.7. The van der Waals surface area contributed by atoms with Gasteiger partial charge in [0.15, 0.2) is 5.13 Å². The lowest BCUT2D eigenvalue weighted by molar-refractivity contribution is 0.0595. The first-order chi connectivity index (χ1) is 14.1. The number of hydrogen-bond donors (Lipinski definition) is 1. The van der Waals surface area contributed by atoms with E-state index < -0.39 is 6.10 Å². The van der Waals surface area contributed by atoms with Gasteiger partial charge in [0.2, 0.25) is 0 Å². The molecule has 4 rings (SSSR count). The highest BCUT2D eigenvalue weighted by Gasteiger charge is 2.25. The van der Waals surface area contributed by atoms with Gasteiger partial charge in [-0.25, -0.2) is 9.37 Å². The Hall–Kier alpha value is -1.93. The fourth-order valence-electron chi connectivity index (χ4n) is 3.73. The van der Waals surface area contributed by atoms with Crippen LogP contribution in [0.1, 0.15) is 12.8 Å². The maximum atomic E-state index is 12.9. The second kappa shape index (κ2) is 10.4. The van der Waals surface area contributed by atoms with Crippen molar-refractivity contribution >= 4 is 39.1 Å². The number of aliphatic hydroxyl groups excluding tert-OH is 1. The van der Waals surface area contributed by atoms with Crippen molar-refractivity contribution in [2.75, 3.05) is 38.2 Å². The van der Waals surface area contributed by atoms with Gasteiger partial charge in [-0.05, 0) is 49.2 Å². The molecule has 2 aromatic carbocycles. The first-order valence-electron chi connectivity index (χ1n) is 9.95. The summed E-state index contributed by atoms with van der Waals surface area (Å²) in [6, 6.07) is 14.6. The van der Waals surface area contributed by atoms with E-state index in [0.29, 0.717) is 18.3 Å². The Morgan fingerprint density at radius 1 is 1.20 bits per heavy atom. The first kappa shape index (κ1) is 22.7. The van der Waals surface area contributed by atoms with E-state index in [0.717, 1.165) is 36.6 Å². The van der Waals surface area contributed by atoms with E-state index in [2.05, 4.69) is 29.0 Å². The number of fused-ring (bicyclic) bond motifs is 1. The van der Waals surface area contributed by atoms with Crippen LogP contribution in [-0.4, -0.2) is 60.4 Å². The molecule has 0 bridgehead atoms. The van der Waals surface area contributed by atoms with Crippen LogP contribution in [0.15, 0.2) is 48.5 Å². The maximum absolute atomic E-state index is 12.9. The lowest BCUT2D eigenvalue weighted by Gasteiger charge is -2.37. The molecule has 162 valence electrons. The number of hydrogen-bond acceptors (Lipinski definition) is 6. The molecule has 5 nitrogen and oxygen atoms in total. The van der Waals surface area contributed by atoms with Crippen LogP contribution < -0.4 is 9.64 Å². The number of benzene rings is 2. The highest BCUT2D eigenvalue weighted by molar-refractivity contribution is 7.22. The van der Waals surface area contributed by atoms with Gasteiger partial charge >= 0.3 is 0 Å². The van der Waals surface area contributed by atoms with E-state index in [1.807, 2.05) is 12.1 Å². The van der Waals surface area contributed by atoms with Gasteiger partial charge in [0, 0.05) is 32.7 Å². The first-order valence-corrected chi connectivity index (χ1v) is 10.8. The van der Waals surface area contributed by atoms with Gasteiger partial charge < -0.3 is 19.6 Å². The Morgan fingerprint density at radius 2 is 1.90 bits per heavy atom. The van der Waals surface area contributed by atoms with Crippen LogP contribution >= 0.6 is 23.7 Å². The number of β-amino-alcohol motifs (C(OH)–C–C–N with tert-alkyl or cyclic N) is 1. The summed E-state index contributed by atoms with van der Waals surface area (Å²) in [5.74, 6) is 0.276.